The molecule has 0 unspecified atom stereocenters. The highest BCUT2D eigenvalue weighted by atomic mass is 16.5. The molecule has 1 aromatic heterocycles. The van der Waals surface area contributed by atoms with E-state index in [4.69, 9.17) is 4.74 Å². The summed E-state index contributed by atoms with van der Waals surface area (Å²) in [5.74, 6) is -0.610. The van der Waals surface area contributed by atoms with Gasteiger partial charge in [0.05, 0.1) is 16.8 Å². The van der Waals surface area contributed by atoms with Crippen LogP contribution >= 0.6 is 0 Å². The van der Waals surface area contributed by atoms with Gasteiger partial charge >= 0.3 is 5.97 Å². The largest absolute Gasteiger partial charge is 0.454 e. The molecule has 0 fully saturated rings. The number of fused-ring (bicyclic) bond motifs is 2. The molecule has 5 nitrogen and oxygen atoms in total. The molecule has 3 aromatic carbocycles. The number of aromatic nitrogens is 1. The SMILES string of the molecule is O=C(Nc1cccc2cccnc12)c1ccc2c(c1)C[C@@H](c1ccccc1)OC2=O. The highest BCUT2D eigenvalue weighted by molar-refractivity contribution is 6.08. The van der Waals surface area contributed by atoms with Crippen LogP contribution in [0.2, 0.25) is 0 Å². The summed E-state index contributed by atoms with van der Waals surface area (Å²) in [4.78, 5) is 29.8. The Morgan fingerprint density at radius 1 is 0.967 bits per heavy atom. The average Bonchev–Trinajstić information content (AvgIpc) is 2.79. The molecule has 1 aliphatic rings. The summed E-state index contributed by atoms with van der Waals surface area (Å²) in [5.41, 5.74) is 4.13. The van der Waals surface area contributed by atoms with Gasteiger partial charge in [-0.1, -0.05) is 48.5 Å². The van der Waals surface area contributed by atoms with Crippen molar-refractivity contribution in [3.63, 3.8) is 0 Å². The second-order valence-electron chi connectivity index (χ2n) is 7.22. The Balaban J connectivity index is 1.44. The fourth-order valence-corrected chi connectivity index (χ4v) is 3.79. The van der Waals surface area contributed by atoms with Gasteiger partial charge in [-0.3, -0.25) is 9.78 Å². The highest BCUT2D eigenvalue weighted by Crippen LogP contribution is 2.31. The molecule has 5 rings (SSSR count). The molecule has 1 aliphatic heterocycles. The molecule has 0 saturated carbocycles. The number of para-hydroxylation sites is 1. The number of hydrogen-bond donors (Lipinski definition) is 1. The maximum absolute atomic E-state index is 12.9. The molecule has 30 heavy (non-hydrogen) atoms. The molecule has 1 atom stereocenters. The Bertz CT molecular complexity index is 1260. The lowest BCUT2D eigenvalue weighted by Gasteiger charge is -2.25. The van der Waals surface area contributed by atoms with E-state index >= 15 is 0 Å². The number of benzene rings is 3. The van der Waals surface area contributed by atoms with Crippen LogP contribution in [-0.2, 0) is 11.2 Å². The first-order valence-corrected chi connectivity index (χ1v) is 9.73. The van der Waals surface area contributed by atoms with E-state index in [0.29, 0.717) is 23.2 Å². The first kappa shape index (κ1) is 18.1. The number of nitrogens with zero attached hydrogens (tertiary/aromatic N) is 1. The van der Waals surface area contributed by atoms with Gasteiger partial charge in [-0.15, -0.1) is 0 Å². The zero-order valence-electron chi connectivity index (χ0n) is 16.0. The van der Waals surface area contributed by atoms with Crippen molar-refractivity contribution in [1.82, 2.24) is 4.98 Å². The number of hydrogen-bond acceptors (Lipinski definition) is 4. The minimum atomic E-state index is -0.365. The summed E-state index contributed by atoms with van der Waals surface area (Å²) in [6.45, 7) is 0. The van der Waals surface area contributed by atoms with E-state index in [0.717, 1.165) is 22.0 Å². The lowest BCUT2D eigenvalue weighted by molar-refractivity contribution is 0.0252. The molecule has 1 amide bonds. The second kappa shape index (κ2) is 7.44. The smallest absolute Gasteiger partial charge is 0.339 e. The van der Waals surface area contributed by atoms with Crippen LogP contribution in [0.4, 0.5) is 5.69 Å². The van der Waals surface area contributed by atoms with Crippen LogP contribution in [0.25, 0.3) is 10.9 Å². The van der Waals surface area contributed by atoms with Crippen molar-refractivity contribution >= 4 is 28.5 Å². The molecule has 4 aromatic rings. The van der Waals surface area contributed by atoms with Crippen LogP contribution in [0.15, 0.2) is 85.1 Å². The van der Waals surface area contributed by atoms with Gasteiger partial charge in [0.1, 0.15) is 6.10 Å². The predicted molar refractivity (Wildman–Crippen MR) is 114 cm³/mol. The molecular formula is C25H18N2O3. The molecule has 0 saturated heterocycles. The zero-order chi connectivity index (χ0) is 20.5. The van der Waals surface area contributed by atoms with Crippen molar-refractivity contribution in [3.05, 3.63) is 107 Å². The lowest BCUT2D eigenvalue weighted by Crippen LogP contribution is -2.23. The van der Waals surface area contributed by atoms with Gasteiger partial charge in [0, 0.05) is 23.6 Å². The summed E-state index contributed by atoms with van der Waals surface area (Å²) < 4.78 is 5.60. The fourth-order valence-electron chi connectivity index (χ4n) is 3.79. The number of pyridine rings is 1. The van der Waals surface area contributed by atoms with Gasteiger partial charge in [0.2, 0.25) is 0 Å². The number of carbonyl (C=O) groups excluding carboxylic acids is 2. The van der Waals surface area contributed by atoms with Crippen molar-refractivity contribution in [2.24, 2.45) is 0 Å². The number of cyclic esters (lactones) is 1. The van der Waals surface area contributed by atoms with Gasteiger partial charge in [-0.25, -0.2) is 4.79 Å². The summed E-state index contributed by atoms with van der Waals surface area (Å²) in [7, 11) is 0. The summed E-state index contributed by atoms with van der Waals surface area (Å²) in [6, 6.07) is 24.2. The molecule has 0 spiro atoms. The predicted octanol–water partition coefficient (Wildman–Crippen LogP) is 4.94. The monoisotopic (exact) mass is 394 g/mol. The zero-order valence-corrected chi connectivity index (χ0v) is 16.0. The molecule has 0 radical (unpaired) electrons. The van der Waals surface area contributed by atoms with Gasteiger partial charge < -0.3 is 10.1 Å². The van der Waals surface area contributed by atoms with Crippen LogP contribution in [0, 0.1) is 0 Å². The number of anilines is 1. The number of rotatable bonds is 3. The number of amides is 1. The van der Waals surface area contributed by atoms with E-state index in [1.165, 1.54) is 0 Å². The van der Waals surface area contributed by atoms with Gasteiger partial charge in [0.25, 0.3) is 5.91 Å². The third kappa shape index (κ3) is 3.31. The van der Waals surface area contributed by atoms with E-state index in [9.17, 15) is 9.59 Å². The maximum Gasteiger partial charge on any atom is 0.339 e. The molecule has 5 heteroatoms. The molecular weight excluding hydrogens is 376 g/mol. The van der Waals surface area contributed by atoms with Gasteiger partial charge in [-0.2, -0.15) is 0 Å². The first-order valence-electron chi connectivity index (χ1n) is 9.73. The van der Waals surface area contributed by atoms with E-state index in [1.54, 1.807) is 24.4 Å². The highest BCUT2D eigenvalue weighted by Gasteiger charge is 2.28. The summed E-state index contributed by atoms with van der Waals surface area (Å²) in [5, 5.41) is 3.90. The van der Waals surface area contributed by atoms with Crippen molar-refractivity contribution in [2.75, 3.05) is 5.32 Å². The summed E-state index contributed by atoms with van der Waals surface area (Å²) >= 11 is 0. The third-order valence-corrected chi connectivity index (χ3v) is 5.29. The topological polar surface area (TPSA) is 68.3 Å². The first-order chi connectivity index (χ1) is 14.7. The lowest BCUT2D eigenvalue weighted by atomic mass is 9.93. The number of esters is 1. The second-order valence-corrected chi connectivity index (χ2v) is 7.22. The Hall–Kier alpha value is -3.99. The number of nitrogens with one attached hydrogen (secondary N) is 1. The Morgan fingerprint density at radius 2 is 1.80 bits per heavy atom. The molecule has 0 bridgehead atoms. The molecule has 1 N–H and O–H groups in total. The maximum atomic E-state index is 12.9. The van der Waals surface area contributed by atoms with Crippen molar-refractivity contribution in [1.29, 1.82) is 0 Å². The third-order valence-electron chi connectivity index (χ3n) is 5.29. The minimum Gasteiger partial charge on any atom is -0.454 e. The minimum absolute atomic E-state index is 0.244. The summed E-state index contributed by atoms with van der Waals surface area (Å²) in [6.07, 6.45) is 1.88. The molecule has 146 valence electrons. The quantitative estimate of drug-likeness (QED) is 0.500. The Morgan fingerprint density at radius 3 is 2.67 bits per heavy atom. The van der Waals surface area contributed by atoms with Gasteiger partial charge in [0.15, 0.2) is 0 Å². The molecule has 2 heterocycles. The van der Waals surface area contributed by atoms with Crippen LogP contribution in [-0.4, -0.2) is 16.9 Å². The Labute approximate surface area is 173 Å². The van der Waals surface area contributed by atoms with Crippen LogP contribution in [0.3, 0.4) is 0 Å². The van der Waals surface area contributed by atoms with Crippen LogP contribution < -0.4 is 5.32 Å². The normalized spacial score (nSPS) is 15.3. The van der Waals surface area contributed by atoms with Crippen molar-refractivity contribution in [3.8, 4) is 0 Å². The fraction of sp³-hybridized carbons (Fsp3) is 0.0800. The van der Waals surface area contributed by atoms with E-state index in [2.05, 4.69) is 10.3 Å². The van der Waals surface area contributed by atoms with E-state index in [-0.39, 0.29) is 18.0 Å². The van der Waals surface area contributed by atoms with Crippen LogP contribution in [0.1, 0.15) is 37.9 Å². The average molecular weight is 394 g/mol. The number of carbonyl (C=O) groups is 2. The van der Waals surface area contributed by atoms with E-state index in [1.807, 2.05) is 60.7 Å². The van der Waals surface area contributed by atoms with Crippen molar-refractivity contribution in [2.45, 2.75) is 12.5 Å². The van der Waals surface area contributed by atoms with Crippen LogP contribution in [0.5, 0.6) is 0 Å². The van der Waals surface area contributed by atoms with E-state index < -0.39 is 0 Å². The molecule has 0 aliphatic carbocycles. The van der Waals surface area contributed by atoms with Crippen molar-refractivity contribution < 1.29 is 14.3 Å². The number of ether oxygens (including phenoxy) is 1. The standard InChI is InChI=1S/C25H18N2O3/c28-24(27-21-10-4-8-17-9-5-13-26-23(17)21)18-11-12-20-19(14-18)15-22(30-25(20)29)16-6-2-1-3-7-16/h1-14,22H,15H2,(H,27,28)/t22-/m0/s1. The Kier molecular flexibility index (Phi) is 4.48. The van der Waals surface area contributed by atoms with Gasteiger partial charge in [-0.05, 0) is 41.5 Å².